The molecule has 0 radical (unpaired) electrons. The Hall–Kier alpha value is -0.910. The highest BCUT2D eigenvalue weighted by molar-refractivity contribution is 14.1. The van der Waals surface area contributed by atoms with Gasteiger partial charge in [0.1, 0.15) is 5.92 Å². The molecule has 4 heteroatoms. The number of carbonyl (C=O) groups excluding carboxylic acids is 2. The summed E-state index contributed by atoms with van der Waals surface area (Å²) in [5.41, 5.74) is 1.72. The van der Waals surface area contributed by atoms with Gasteiger partial charge in [0.05, 0.1) is 0 Å². The minimum atomic E-state index is -1.01. The molecule has 2 rings (SSSR count). The zero-order valence-corrected chi connectivity index (χ0v) is 13.0. The highest BCUT2D eigenvalue weighted by Crippen LogP contribution is 2.37. The van der Waals surface area contributed by atoms with Crippen molar-refractivity contribution in [3.8, 4) is 0 Å². The van der Waals surface area contributed by atoms with Gasteiger partial charge in [-0.1, -0.05) is 0 Å². The zero-order valence-electron chi connectivity index (χ0n) is 10.8. The van der Waals surface area contributed by atoms with Crippen molar-refractivity contribution in [1.82, 2.24) is 0 Å². The van der Waals surface area contributed by atoms with Gasteiger partial charge in [0.15, 0.2) is 11.4 Å². The third kappa shape index (κ3) is 2.06. The summed E-state index contributed by atoms with van der Waals surface area (Å²) >= 11 is 2.23. The number of ketones is 1. The Morgan fingerprint density at radius 3 is 2.06 bits per heavy atom. The van der Waals surface area contributed by atoms with Crippen LogP contribution in [0.5, 0.6) is 0 Å². The number of carbonyl (C=O) groups is 2. The number of hydrogen-bond acceptors (Lipinski definition) is 3. The highest BCUT2D eigenvalue weighted by Gasteiger charge is 2.50. The van der Waals surface area contributed by atoms with Gasteiger partial charge in [-0.15, -0.1) is 0 Å². The summed E-state index contributed by atoms with van der Waals surface area (Å²) in [5.74, 6) is -1.35. The van der Waals surface area contributed by atoms with Crippen molar-refractivity contribution in [2.75, 3.05) is 0 Å². The first-order valence-electron chi connectivity index (χ1n) is 5.78. The molecule has 1 fully saturated rings. The summed E-state index contributed by atoms with van der Waals surface area (Å²) in [6.07, 6.45) is 0. The number of aryl methyl sites for hydroxylation is 2. The van der Waals surface area contributed by atoms with Crippen molar-refractivity contribution in [2.45, 2.75) is 39.2 Å². The van der Waals surface area contributed by atoms with E-state index in [1.165, 1.54) is 0 Å². The fraction of sp³-hybridized carbons (Fsp3) is 0.429. The van der Waals surface area contributed by atoms with Gasteiger partial charge in [0, 0.05) is 3.57 Å². The third-order valence-electron chi connectivity index (χ3n) is 3.29. The second kappa shape index (κ2) is 4.33. The molecule has 1 saturated heterocycles. The van der Waals surface area contributed by atoms with Crippen molar-refractivity contribution in [3.05, 3.63) is 32.4 Å². The number of benzene rings is 1. The van der Waals surface area contributed by atoms with E-state index in [4.69, 9.17) is 4.74 Å². The van der Waals surface area contributed by atoms with Crippen molar-refractivity contribution >= 4 is 34.3 Å². The van der Waals surface area contributed by atoms with Crippen LogP contribution in [0.3, 0.4) is 0 Å². The Labute approximate surface area is 120 Å². The summed E-state index contributed by atoms with van der Waals surface area (Å²) in [6.45, 7) is 7.14. The molecule has 0 aromatic heterocycles. The standard InChI is InChI=1S/C14H15IO3/c1-7-5-9(15)6-8(2)10(7)11-12(16)14(3,4)18-13(11)17/h5-6,11H,1-4H3. The van der Waals surface area contributed by atoms with E-state index in [1.807, 2.05) is 26.0 Å². The maximum atomic E-state index is 12.3. The Morgan fingerprint density at radius 1 is 1.17 bits per heavy atom. The van der Waals surface area contributed by atoms with E-state index in [0.717, 1.165) is 20.3 Å². The molecular formula is C14H15IO3. The van der Waals surface area contributed by atoms with E-state index in [-0.39, 0.29) is 5.78 Å². The predicted molar refractivity (Wildman–Crippen MR) is 76.6 cm³/mol. The first-order chi connectivity index (χ1) is 8.24. The second-order valence-corrected chi connectivity index (χ2v) is 6.43. The molecule has 1 atom stereocenters. The molecule has 3 nitrogen and oxygen atoms in total. The summed E-state index contributed by atoms with van der Waals surface area (Å²) in [7, 11) is 0. The molecule has 1 aliphatic heterocycles. The first kappa shape index (κ1) is 13.5. The maximum absolute atomic E-state index is 12.3. The molecule has 1 aromatic rings. The molecule has 0 saturated carbocycles. The molecule has 0 N–H and O–H groups in total. The van der Waals surface area contributed by atoms with Crippen LogP contribution in [0.2, 0.25) is 0 Å². The fourth-order valence-corrected chi connectivity index (χ4v) is 3.38. The lowest BCUT2D eigenvalue weighted by Gasteiger charge is -2.15. The number of rotatable bonds is 1. The van der Waals surface area contributed by atoms with Crippen LogP contribution in [0.4, 0.5) is 0 Å². The summed E-state index contributed by atoms with van der Waals surface area (Å²) in [5, 5.41) is 0. The van der Waals surface area contributed by atoms with Gasteiger partial charge < -0.3 is 4.74 Å². The Balaban J connectivity index is 2.57. The zero-order chi connectivity index (χ0) is 13.7. The van der Waals surface area contributed by atoms with Crippen LogP contribution in [-0.2, 0) is 14.3 Å². The quantitative estimate of drug-likeness (QED) is 0.441. The Bertz CT molecular complexity index is 523. The normalized spacial score (nSPS) is 22.2. The molecule has 0 aliphatic carbocycles. The molecule has 0 amide bonds. The van der Waals surface area contributed by atoms with E-state index in [2.05, 4.69) is 22.6 Å². The van der Waals surface area contributed by atoms with Gasteiger partial charge in [-0.05, 0) is 79.1 Å². The second-order valence-electron chi connectivity index (χ2n) is 5.18. The van der Waals surface area contributed by atoms with Crippen molar-refractivity contribution in [1.29, 1.82) is 0 Å². The maximum Gasteiger partial charge on any atom is 0.322 e. The van der Waals surface area contributed by atoms with E-state index < -0.39 is 17.5 Å². The molecular weight excluding hydrogens is 343 g/mol. The number of hydrogen-bond donors (Lipinski definition) is 0. The van der Waals surface area contributed by atoms with Gasteiger partial charge in [0.25, 0.3) is 0 Å². The van der Waals surface area contributed by atoms with Gasteiger partial charge in [-0.2, -0.15) is 0 Å². The van der Waals surface area contributed by atoms with Crippen LogP contribution in [0.25, 0.3) is 0 Å². The van der Waals surface area contributed by atoms with E-state index in [9.17, 15) is 9.59 Å². The number of esters is 1. The lowest BCUT2D eigenvalue weighted by atomic mass is 9.85. The van der Waals surface area contributed by atoms with Crippen LogP contribution in [-0.4, -0.2) is 17.4 Å². The third-order valence-corrected chi connectivity index (χ3v) is 3.92. The summed E-state index contributed by atoms with van der Waals surface area (Å²) < 4.78 is 6.28. The fourth-order valence-electron chi connectivity index (χ4n) is 2.44. The molecule has 96 valence electrons. The van der Waals surface area contributed by atoms with Crippen LogP contribution >= 0.6 is 22.6 Å². The minimum absolute atomic E-state index is 0.153. The molecule has 1 unspecified atom stereocenters. The number of halogens is 1. The lowest BCUT2D eigenvalue weighted by Crippen LogP contribution is -2.29. The van der Waals surface area contributed by atoms with Crippen LogP contribution in [0.1, 0.15) is 36.5 Å². The van der Waals surface area contributed by atoms with E-state index in [1.54, 1.807) is 13.8 Å². The largest absolute Gasteiger partial charge is 0.451 e. The van der Waals surface area contributed by atoms with Crippen molar-refractivity contribution in [3.63, 3.8) is 0 Å². The predicted octanol–water partition coefficient (Wildman–Crippen LogP) is 2.90. The molecule has 1 aliphatic rings. The molecule has 0 spiro atoms. The Morgan fingerprint density at radius 2 is 1.67 bits per heavy atom. The van der Waals surface area contributed by atoms with Gasteiger partial charge in [-0.3, -0.25) is 9.59 Å². The molecule has 0 bridgehead atoms. The minimum Gasteiger partial charge on any atom is -0.451 e. The lowest BCUT2D eigenvalue weighted by molar-refractivity contribution is -0.148. The highest BCUT2D eigenvalue weighted by atomic mass is 127. The monoisotopic (exact) mass is 358 g/mol. The van der Waals surface area contributed by atoms with Gasteiger partial charge in [-0.25, -0.2) is 0 Å². The summed E-state index contributed by atoms with van der Waals surface area (Å²) in [4.78, 5) is 24.2. The number of cyclic esters (lactones) is 1. The van der Waals surface area contributed by atoms with Crippen molar-refractivity contribution < 1.29 is 14.3 Å². The van der Waals surface area contributed by atoms with Crippen molar-refractivity contribution in [2.24, 2.45) is 0 Å². The van der Waals surface area contributed by atoms with E-state index in [0.29, 0.717) is 0 Å². The SMILES string of the molecule is Cc1cc(I)cc(C)c1C1C(=O)OC(C)(C)C1=O. The smallest absolute Gasteiger partial charge is 0.322 e. The Kier molecular flexibility index (Phi) is 3.25. The first-order valence-corrected chi connectivity index (χ1v) is 6.85. The number of Topliss-reactive ketones (excluding diaryl/α,β-unsaturated/α-hetero) is 1. The number of ether oxygens (including phenoxy) is 1. The van der Waals surface area contributed by atoms with Crippen LogP contribution in [0, 0.1) is 17.4 Å². The molecule has 1 aromatic carbocycles. The molecule has 1 heterocycles. The average molecular weight is 358 g/mol. The average Bonchev–Trinajstić information content (AvgIpc) is 2.38. The molecule has 18 heavy (non-hydrogen) atoms. The summed E-state index contributed by atoms with van der Waals surface area (Å²) in [6, 6.07) is 3.96. The van der Waals surface area contributed by atoms with E-state index >= 15 is 0 Å². The topological polar surface area (TPSA) is 43.4 Å². The van der Waals surface area contributed by atoms with Gasteiger partial charge >= 0.3 is 5.97 Å². The van der Waals surface area contributed by atoms with Gasteiger partial charge in [0.2, 0.25) is 0 Å². The van der Waals surface area contributed by atoms with Crippen LogP contribution in [0.15, 0.2) is 12.1 Å². The van der Waals surface area contributed by atoms with Crippen LogP contribution < -0.4 is 0 Å².